The van der Waals surface area contributed by atoms with Gasteiger partial charge in [0.25, 0.3) is 0 Å². The van der Waals surface area contributed by atoms with E-state index in [2.05, 4.69) is 37.9 Å². The van der Waals surface area contributed by atoms with E-state index in [0.717, 1.165) is 43.6 Å². The van der Waals surface area contributed by atoms with Gasteiger partial charge in [0.05, 0.1) is 12.2 Å². The predicted molar refractivity (Wildman–Crippen MR) is 84.5 cm³/mol. The Kier molecular flexibility index (Phi) is 7.84. The fourth-order valence-electron chi connectivity index (χ4n) is 2.72. The Morgan fingerprint density at radius 1 is 1.26 bits per heavy atom. The molecule has 0 spiro atoms. The average Bonchev–Trinajstić information content (AvgIpc) is 2.70. The Hall–Kier alpha value is -0.220. The minimum absolute atomic E-state index is 0.0607. The summed E-state index contributed by atoms with van der Waals surface area (Å²) in [6.45, 7) is 8.73. The van der Waals surface area contributed by atoms with Gasteiger partial charge in [-0.3, -0.25) is 10.1 Å². The lowest BCUT2D eigenvalue weighted by Crippen LogP contribution is -2.44. The van der Waals surface area contributed by atoms with E-state index < -0.39 is 0 Å². The second-order valence-electron chi connectivity index (χ2n) is 5.42. The standard InChI is InChI=1S/C15H30N2OS/c1-5-8-10-13-15(18)17(12(4)11-19-7-3)14(16-13)9-6-2/h12-14,16H,5-11H2,1-4H3. The SMILES string of the molecule is CCCCC1NC(CCC)N(C(C)CSCC)C1=O. The maximum Gasteiger partial charge on any atom is 0.241 e. The van der Waals surface area contributed by atoms with Crippen LogP contribution in [0.4, 0.5) is 0 Å². The van der Waals surface area contributed by atoms with Gasteiger partial charge < -0.3 is 4.90 Å². The molecule has 1 aliphatic rings. The lowest BCUT2D eigenvalue weighted by molar-refractivity contribution is -0.131. The van der Waals surface area contributed by atoms with E-state index in [4.69, 9.17) is 0 Å². The summed E-state index contributed by atoms with van der Waals surface area (Å²) in [5.74, 6) is 2.50. The minimum Gasteiger partial charge on any atom is -0.322 e. The summed E-state index contributed by atoms with van der Waals surface area (Å²) >= 11 is 1.92. The average molecular weight is 286 g/mol. The van der Waals surface area contributed by atoms with Crippen molar-refractivity contribution in [1.29, 1.82) is 0 Å². The third-order valence-corrected chi connectivity index (χ3v) is 4.85. The normalized spacial score (nSPS) is 25.1. The molecule has 1 aliphatic heterocycles. The van der Waals surface area contributed by atoms with E-state index in [-0.39, 0.29) is 12.2 Å². The van der Waals surface area contributed by atoms with Crippen LogP contribution in [0.25, 0.3) is 0 Å². The third-order valence-electron chi connectivity index (χ3n) is 3.73. The highest BCUT2D eigenvalue weighted by molar-refractivity contribution is 7.99. The van der Waals surface area contributed by atoms with Gasteiger partial charge in [-0.05, 0) is 25.5 Å². The lowest BCUT2D eigenvalue weighted by atomic mass is 10.1. The Morgan fingerprint density at radius 2 is 2.00 bits per heavy atom. The molecule has 0 saturated carbocycles. The number of thioether (sulfide) groups is 1. The molecule has 4 heteroatoms. The van der Waals surface area contributed by atoms with Crippen LogP contribution in [-0.2, 0) is 4.79 Å². The second-order valence-corrected chi connectivity index (χ2v) is 6.74. The first kappa shape index (κ1) is 16.8. The summed E-state index contributed by atoms with van der Waals surface area (Å²) < 4.78 is 0. The zero-order chi connectivity index (χ0) is 14.3. The molecule has 1 saturated heterocycles. The highest BCUT2D eigenvalue weighted by atomic mass is 32.2. The maximum atomic E-state index is 12.6. The summed E-state index contributed by atoms with van der Waals surface area (Å²) in [5.41, 5.74) is 0. The Balaban J connectivity index is 2.65. The zero-order valence-corrected chi connectivity index (χ0v) is 13.8. The van der Waals surface area contributed by atoms with Crippen LogP contribution in [0.5, 0.6) is 0 Å². The molecule has 0 aromatic carbocycles. The molecule has 1 fully saturated rings. The van der Waals surface area contributed by atoms with Crippen molar-refractivity contribution in [3.05, 3.63) is 0 Å². The second kappa shape index (κ2) is 8.85. The van der Waals surface area contributed by atoms with E-state index in [9.17, 15) is 4.79 Å². The molecule has 1 N–H and O–H groups in total. The molecule has 0 aromatic rings. The molecule has 1 heterocycles. The number of carbonyl (C=O) groups is 1. The van der Waals surface area contributed by atoms with Gasteiger partial charge >= 0.3 is 0 Å². The van der Waals surface area contributed by atoms with E-state index in [1.165, 1.54) is 0 Å². The molecule has 0 aliphatic carbocycles. The fraction of sp³-hybridized carbons (Fsp3) is 0.933. The van der Waals surface area contributed by atoms with Crippen LogP contribution < -0.4 is 5.32 Å². The van der Waals surface area contributed by atoms with Gasteiger partial charge in [0.2, 0.25) is 5.91 Å². The first-order valence-corrected chi connectivity index (χ1v) is 8.97. The largest absolute Gasteiger partial charge is 0.322 e. The summed E-state index contributed by atoms with van der Waals surface area (Å²) in [4.78, 5) is 14.7. The molecule has 3 unspecified atom stereocenters. The summed E-state index contributed by atoms with van der Waals surface area (Å²) in [6.07, 6.45) is 5.72. The first-order valence-electron chi connectivity index (χ1n) is 7.81. The number of amides is 1. The van der Waals surface area contributed by atoms with E-state index in [1.54, 1.807) is 0 Å². The van der Waals surface area contributed by atoms with Crippen molar-refractivity contribution >= 4 is 17.7 Å². The van der Waals surface area contributed by atoms with Crippen molar-refractivity contribution in [2.45, 2.75) is 78.0 Å². The zero-order valence-electron chi connectivity index (χ0n) is 12.9. The smallest absolute Gasteiger partial charge is 0.241 e. The van der Waals surface area contributed by atoms with Crippen LogP contribution >= 0.6 is 11.8 Å². The molecule has 19 heavy (non-hydrogen) atoms. The first-order chi connectivity index (χ1) is 9.15. The van der Waals surface area contributed by atoms with Crippen molar-refractivity contribution in [3.63, 3.8) is 0 Å². The van der Waals surface area contributed by atoms with Gasteiger partial charge in [0, 0.05) is 11.8 Å². The topological polar surface area (TPSA) is 32.3 Å². The molecule has 1 amide bonds. The van der Waals surface area contributed by atoms with Crippen molar-refractivity contribution < 1.29 is 4.79 Å². The minimum atomic E-state index is 0.0607. The van der Waals surface area contributed by atoms with E-state index >= 15 is 0 Å². The molecule has 112 valence electrons. The highest BCUT2D eigenvalue weighted by Gasteiger charge is 2.39. The van der Waals surface area contributed by atoms with Crippen LogP contribution in [0, 0.1) is 0 Å². The number of carbonyl (C=O) groups excluding carboxylic acids is 1. The number of nitrogens with one attached hydrogen (secondary N) is 1. The van der Waals surface area contributed by atoms with Gasteiger partial charge in [-0.25, -0.2) is 0 Å². The van der Waals surface area contributed by atoms with Gasteiger partial charge in [-0.2, -0.15) is 11.8 Å². The Bertz CT molecular complexity index is 273. The summed E-state index contributed by atoms with van der Waals surface area (Å²) in [7, 11) is 0. The number of nitrogens with zero attached hydrogens (tertiary/aromatic N) is 1. The lowest BCUT2D eigenvalue weighted by Gasteiger charge is -2.30. The van der Waals surface area contributed by atoms with E-state index in [1.807, 2.05) is 11.8 Å². The van der Waals surface area contributed by atoms with Crippen molar-refractivity contribution in [1.82, 2.24) is 10.2 Å². The predicted octanol–water partition coefficient (Wildman–Crippen LogP) is 3.24. The summed E-state index contributed by atoms with van der Waals surface area (Å²) in [6, 6.07) is 0.402. The number of hydrogen-bond acceptors (Lipinski definition) is 3. The number of rotatable bonds is 9. The van der Waals surface area contributed by atoms with Crippen LogP contribution in [-0.4, -0.2) is 40.6 Å². The Labute approximate surface area is 122 Å². The number of hydrogen-bond donors (Lipinski definition) is 1. The molecule has 3 nitrogen and oxygen atoms in total. The van der Waals surface area contributed by atoms with Gasteiger partial charge in [-0.15, -0.1) is 0 Å². The number of unbranched alkanes of at least 4 members (excludes halogenated alkanes) is 1. The van der Waals surface area contributed by atoms with Crippen LogP contribution in [0.2, 0.25) is 0 Å². The molecule has 1 rings (SSSR count). The Morgan fingerprint density at radius 3 is 2.58 bits per heavy atom. The van der Waals surface area contributed by atoms with E-state index in [0.29, 0.717) is 11.9 Å². The van der Waals surface area contributed by atoms with Gasteiger partial charge in [0.1, 0.15) is 0 Å². The van der Waals surface area contributed by atoms with Crippen LogP contribution in [0.3, 0.4) is 0 Å². The molecular weight excluding hydrogens is 256 g/mol. The molecule has 0 aromatic heterocycles. The van der Waals surface area contributed by atoms with Crippen LogP contribution in [0.1, 0.15) is 59.8 Å². The molecule has 0 radical (unpaired) electrons. The monoisotopic (exact) mass is 286 g/mol. The highest BCUT2D eigenvalue weighted by Crippen LogP contribution is 2.23. The van der Waals surface area contributed by atoms with Crippen molar-refractivity contribution in [3.8, 4) is 0 Å². The van der Waals surface area contributed by atoms with Gasteiger partial charge in [-0.1, -0.05) is 40.0 Å². The molecule has 3 atom stereocenters. The molecule has 0 bridgehead atoms. The van der Waals surface area contributed by atoms with Crippen LogP contribution in [0.15, 0.2) is 0 Å². The molecular formula is C15H30N2OS. The third kappa shape index (κ3) is 4.67. The quantitative estimate of drug-likeness (QED) is 0.706. The fourth-order valence-corrected chi connectivity index (χ4v) is 3.46. The maximum absolute atomic E-state index is 12.6. The van der Waals surface area contributed by atoms with Crippen molar-refractivity contribution in [2.75, 3.05) is 11.5 Å². The summed E-state index contributed by atoms with van der Waals surface area (Å²) in [5, 5.41) is 3.55. The van der Waals surface area contributed by atoms with Gasteiger partial charge in [0.15, 0.2) is 0 Å². The van der Waals surface area contributed by atoms with Crippen molar-refractivity contribution in [2.24, 2.45) is 0 Å².